The predicted octanol–water partition coefficient (Wildman–Crippen LogP) is 0.923. The van der Waals surface area contributed by atoms with Crippen molar-refractivity contribution in [3.05, 3.63) is 29.7 Å². The van der Waals surface area contributed by atoms with Crippen molar-refractivity contribution in [3.8, 4) is 0 Å². The molecule has 2 heterocycles. The molecule has 0 fully saturated rings. The average molecular weight is 191 g/mol. The molecule has 0 radical (unpaired) electrons. The van der Waals surface area contributed by atoms with Gasteiger partial charge in [0.2, 0.25) is 0 Å². The Kier molecular flexibility index (Phi) is 1.67. The Hall–Kier alpha value is -2.04. The van der Waals surface area contributed by atoms with Crippen LogP contribution in [-0.2, 0) is 0 Å². The molecule has 0 spiro atoms. The van der Waals surface area contributed by atoms with Crippen LogP contribution in [0.4, 0.5) is 5.69 Å². The van der Waals surface area contributed by atoms with Crippen LogP contribution in [0.25, 0.3) is 5.65 Å². The van der Waals surface area contributed by atoms with E-state index in [1.807, 2.05) is 0 Å². The van der Waals surface area contributed by atoms with Crippen molar-refractivity contribution in [2.75, 3.05) is 5.73 Å². The largest absolute Gasteiger partial charge is 0.476 e. The molecule has 0 atom stereocenters. The summed E-state index contributed by atoms with van der Waals surface area (Å²) in [6, 6.07) is 3.24. The van der Waals surface area contributed by atoms with Crippen molar-refractivity contribution in [2.45, 2.75) is 6.92 Å². The van der Waals surface area contributed by atoms with Gasteiger partial charge >= 0.3 is 5.97 Å². The molecule has 2 aromatic rings. The van der Waals surface area contributed by atoms with Gasteiger partial charge in [0.25, 0.3) is 0 Å². The summed E-state index contributed by atoms with van der Waals surface area (Å²) in [4.78, 5) is 15.1. The molecule has 0 saturated heterocycles. The van der Waals surface area contributed by atoms with Gasteiger partial charge in [0.15, 0.2) is 5.69 Å². The fourth-order valence-corrected chi connectivity index (χ4v) is 1.42. The first-order valence-corrected chi connectivity index (χ1v) is 4.07. The van der Waals surface area contributed by atoms with E-state index in [2.05, 4.69) is 4.98 Å². The Morgan fingerprint density at radius 3 is 2.93 bits per heavy atom. The van der Waals surface area contributed by atoms with E-state index in [1.54, 1.807) is 25.3 Å². The van der Waals surface area contributed by atoms with E-state index in [0.717, 1.165) is 5.69 Å². The maximum absolute atomic E-state index is 10.9. The quantitative estimate of drug-likeness (QED) is 0.702. The summed E-state index contributed by atoms with van der Waals surface area (Å²) in [5.74, 6) is -1.05. The van der Waals surface area contributed by atoms with Gasteiger partial charge in [-0.05, 0) is 19.1 Å². The van der Waals surface area contributed by atoms with E-state index in [9.17, 15) is 4.79 Å². The van der Waals surface area contributed by atoms with Gasteiger partial charge in [-0.25, -0.2) is 9.78 Å². The third kappa shape index (κ3) is 1.10. The van der Waals surface area contributed by atoms with Crippen LogP contribution in [0.5, 0.6) is 0 Å². The number of imidazole rings is 1. The number of fused-ring (bicyclic) bond motifs is 1. The lowest BCUT2D eigenvalue weighted by Crippen LogP contribution is -2.08. The van der Waals surface area contributed by atoms with Crippen LogP contribution in [0, 0.1) is 6.92 Å². The molecule has 2 aromatic heterocycles. The molecule has 0 amide bonds. The number of nitrogens with two attached hydrogens (primary N) is 1. The molecule has 2 rings (SSSR count). The Balaban J connectivity index is 2.88. The number of carboxylic acid groups (broad SMARTS) is 1. The highest BCUT2D eigenvalue weighted by molar-refractivity contribution is 5.92. The summed E-state index contributed by atoms with van der Waals surface area (Å²) in [5, 5.41) is 8.94. The van der Waals surface area contributed by atoms with E-state index in [4.69, 9.17) is 10.8 Å². The molecule has 5 nitrogen and oxygen atoms in total. The van der Waals surface area contributed by atoms with E-state index in [0.29, 0.717) is 5.65 Å². The first-order valence-electron chi connectivity index (χ1n) is 4.07. The van der Waals surface area contributed by atoms with Gasteiger partial charge in [-0.2, -0.15) is 0 Å². The van der Waals surface area contributed by atoms with Crippen LogP contribution >= 0.6 is 0 Å². The molecular formula is C9H9N3O2. The Morgan fingerprint density at radius 1 is 1.57 bits per heavy atom. The van der Waals surface area contributed by atoms with Gasteiger partial charge in [-0.3, -0.25) is 4.40 Å². The topological polar surface area (TPSA) is 80.6 Å². The summed E-state index contributed by atoms with van der Waals surface area (Å²) in [6.45, 7) is 1.80. The van der Waals surface area contributed by atoms with E-state index >= 15 is 0 Å². The van der Waals surface area contributed by atoms with E-state index in [1.165, 1.54) is 4.40 Å². The molecular weight excluding hydrogens is 182 g/mol. The number of nitrogens with zero attached hydrogens (tertiary/aromatic N) is 2. The standard InChI is InChI=1S/C9H9N3O2/c1-5-4-12-7(11-5)3-2-6(10)8(12)9(13)14/h2-4H,10H2,1H3,(H,13,14). The highest BCUT2D eigenvalue weighted by Crippen LogP contribution is 2.15. The van der Waals surface area contributed by atoms with Crippen molar-refractivity contribution in [3.63, 3.8) is 0 Å². The van der Waals surface area contributed by atoms with Crippen LogP contribution in [0.15, 0.2) is 18.3 Å². The maximum Gasteiger partial charge on any atom is 0.355 e. The number of hydrogen-bond acceptors (Lipinski definition) is 3. The summed E-state index contributed by atoms with van der Waals surface area (Å²) in [7, 11) is 0. The molecule has 0 aromatic carbocycles. The molecule has 72 valence electrons. The minimum absolute atomic E-state index is 0.0584. The van der Waals surface area contributed by atoms with Crippen LogP contribution in [0.1, 0.15) is 16.2 Å². The molecule has 0 aliphatic rings. The third-order valence-electron chi connectivity index (χ3n) is 1.98. The van der Waals surface area contributed by atoms with Crippen molar-refractivity contribution in [1.29, 1.82) is 0 Å². The summed E-state index contributed by atoms with van der Waals surface area (Å²) < 4.78 is 1.48. The van der Waals surface area contributed by atoms with Crippen molar-refractivity contribution >= 4 is 17.3 Å². The number of aromatic carboxylic acids is 1. The van der Waals surface area contributed by atoms with Gasteiger partial charge in [0, 0.05) is 6.20 Å². The fourth-order valence-electron chi connectivity index (χ4n) is 1.42. The number of pyridine rings is 1. The second kappa shape index (κ2) is 2.73. The summed E-state index contributed by atoms with van der Waals surface area (Å²) in [5.41, 5.74) is 7.22. The SMILES string of the molecule is Cc1cn2c(C(=O)O)c(N)ccc2n1. The Morgan fingerprint density at radius 2 is 2.29 bits per heavy atom. The van der Waals surface area contributed by atoms with Crippen LogP contribution in [0.2, 0.25) is 0 Å². The molecule has 0 aliphatic carbocycles. The number of aryl methyl sites for hydroxylation is 1. The van der Waals surface area contributed by atoms with Gasteiger partial charge in [-0.15, -0.1) is 0 Å². The van der Waals surface area contributed by atoms with Gasteiger partial charge in [-0.1, -0.05) is 0 Å². The second-order valence-corrected chi connectivity index (χ2v) is 3.05. The average Bonchev–Trinajstić information content (AvgIpc) is 2.43. The minimum Gasteiger partial charge on any atom is -0.476 e. The Labute approximate surface area is 79.8 Å². The number of anilines is 1. The van der Waals surface area contributed by atoms with Gasteiger partial charge in [0.05, 0.1) is 11.4 Å². The highest BCUT2D eigenvalue weighted by Gasteiger charge is 2.13. The van der Waals surface area contributed by atoms with Crippen molar-refractivity contribution in [1.82, 2.24) is 9.38 Å². The molecule has 0 aliphatic heterocycles. The molecule has 0 bridgehead atoms. The van der Waals surface area contributed by atoms with E-state index < -0.39 is 5.97 Å². The zero-order chi connectivity index (χ0) is 10.3. The summed E-state index contributed by atoms with van der Waals surface area (Å²) >= 11 is 0. The lowest BCUT2D eigenvalue weighted by molar-refractivity contribution is 0.0690. The lowest BCUT2D eigenvalue weighted by atomic mass is 10.3. The van der Waals surface area contributed by atoms with Crippen molar-refractivity contribution < 1.29 is 9.90 Å². The first kappa shape index (κ1) is 8.55. The number of hydrogen-bond donors (Lipinski definition) is 2. The molecule has 14 heavy (non-hydrogen) atoms. The monoisotopic (exact) mass is 191 g/mol. The predicted molar refractivity (Wildman–Crippen MR) is 51.3 cm³/mol. The number of carboxylic acids is 1. The van der Waals surface area contributed by atoms with Crippen molar-refractivity contribution in [2.24, 2.45) is 0 Å². The Bertz CT molecular complexity index is 516. The number of rotatable bonds is 1. The first-order chi connectivity index (χ1) is 6.59. The molecule has 0 saturated carbocycles. The zero-order valence-corrected chi connectivity index (χ0v) is 7.56. The van der Waals surface area contributed by atoms with Crippen LogP contribution < -0.4 is 5.73 Å². The molecule has 5 heteroatoms. The fraction of sp³-hybridized carbons (Fsp3) is 0.111. The van der Waals surface area contributed by atoms with Crippen LogP contribution in [-0.4, -0.2) is 20.5 Å². The summed E-state index contributed by atoms with van der Waals surface area (Å²) in [6.07, 6.45) is 1.65. The highest BCUT2D eigenvalue weighted by atomic mass is 16.4. The normalized spacial score (nSPS) is 10.6. The molecule has 3 N–H and O–H groups in total. The van der Waals surface area contributed by atoms with Gasteiger partial charge in [0.1, 0.15) is 5.65 Å². The molecule has 0 unspecified atom stereocenters. The number of carbonyl (C=O) groups is 1. The third-order valence-corrected chi connectivity index (χ3v) is 1.98. The second-order valence-electron chi connectivity index (χ2n) is 3.05. The smallest absolute Gasteiger partial charge is 0.355 e. The minimum atomic E-state index is -1.05. The zero-order valence-electron chi connectivity index (χ0n) is 7.56. The van der Waals surface area contributed by atoms with Crippen LogP contribution in [0.3, 0.4) is 0 Å². The maximum atomic E-state index is 10.9. The van der Waals surface area contributed by atoms with Gasteiger partial charge < -0.3 is 10.8 Å². The number of aromatic nitrogens is 2. The van der Waals surface area contributed by atoms with E-state index in [-0.39, 0.29) is 11.4 Å². The lowest BCUT2D eigenvalue weighted by Gasteiger charge is -2.02. The number of nitrogen functional groups attached to an aromatic ring is 1.